The molecule has 0 spiro atoms. The van der Waals surface area contributed by atoms with Gasteiger partial charge in [-0.1, -0.05) is 117 Å². The first-order valence-electron chi connectivity index (χ1n) is 16.9. The van der Waals surface area contributed by atoms with E-state index in [1.807, 2.05) is 18.2 Å². The summed E-state index contributed by atoms with van der Waals surface area (Å²) in [6.07, 6.45) is 22.9. The van der Waals surface area contributed by atoms with Gasteiger partial charge in [0.05, 0.1) is 0 Å². The molecule has 0 unspecified atom stereocenters. The Labute approximate surface area is 294 Å². The summed E-state index contributed by atoms with van der Waals surface area (Å²) >= 11 is 0. The van der Waals surface area contributed by atoms with E-state index in [0.717, 1.165) is 56.7 Å². The van der Waals surface area contributed by atoms with Gasteiger partial charge in [-0.3, -0.25) is 0 Å². The average Bonchev–Trinajstić information content (AvgIpc) is 3.12. The molecule has 3 nitrogen and oxygen atoms in total. The smallest absolute Gasteiger partial charge is 0.251 e. The molecular weight excluding hydrogens is 593 g/mol. The molecule has 2 heterocycles. The number of fused-ring (bicyclic) bond motifs is 3. The Kier molecular flexibility index (Phi) is 11.2. The summed E-state index contributed by atoms with van der Waals surface area (Å²) in [5.41, 5.74) is 13.1. The molecule has 3 aromatic carbocycles. The van der Waals surface area contributed by atoms with E-state index in [-0.39, 0.29) is 6.71 Å². The molecule has 0 atom stereocenters. The Morgan fingerprint density at radius 3 is 2.14 bits per heavy atom. The molecule has 5 rings (SSSR count). The van der Waals surface area contributed by atoms with Gasteiger partial charge in [-0.15, -0.1) is 0 Å². The van der Waals surface area contributed by atoms with Crippen molar-refractivity contribution >= 4 is 29.2 Å². The number of benzene rings is 3. The molecule has 0 aromatic heterocycles. The van der Waals surface area contributed by atoms with Crippen molar-refractivity contribution < 1.29 is 0 Å². The Morgan fingerprint density at radius 2 is 1.51 bits per heavy atom. The van der Waals surface area contributed by atoms with Gasteiger partial charge in [0.15, 0.2) is 0 Å². The molecule has 0 amide bonds. The predicted molar refractivity (Wildman–Crippen MR) is 215 cm³/mol. The van der Waals surface area contributed by atoms with E-state index in [0.29, 0.717) is 0 Å². The highest BCUT2D eigenvalue weighted by Crippen LogP contribution is 2.45. The second-order valence-electron chi connectivity index (χ2n) is 11.9. The summed E-state index contributed by atoms with van der Waals surface area (Å²) in [6, 6.07) is 29.8. The molecule has 0 N–H and O–H groups in total. The molecule has 0 saturated carbocycles. The zero-order valence-corrected chi connectivity index (χ0v) is 29.5. The molecule has 0 saturated heterocycles. The number of anilines is 3. The van der Waals surface area contributed by atoms with Gasteiger partial charge in [0, 0.05) is 51.2 Å². The highest BCUT2D eigenvalue weighted by molar-refractivity contribution is 6.89. The summed E-state index contributed by atoms with van der Waals surface area (Å²) in [4.78, 5) is 6.95. The SMILES string of the molecule is C=C/C=C\C=C(/C=C)N1C(C)=C(/C=C\C)B2C(=C1/C=C(\C)N(C(/C=C\C)=C/C)c1ccccc1)C(=C)N(c1ccccc1)c1ccccc12. The van der Waals surface area contributed by atoms with E-state index >= 15 is 0 Å². The summed E-state index contributed by atoms with van der Waals surface area (Å²) in [6.45, 7) is 23.6. The van der Waals surface area contributed by atoms with Crippen molar-refractivity contribution in [2.24, 2.45) is 0 Å². The van der Waals surface area contributed by atoms with Gasteiger partial charge < -0.3 is 14.7 Å². The van der Waals surface area contributed by atoms with Crippen LogP contribution in [0.5, 0.6) is 0 Å². The zero-order chi connectivity index (χ0) is 34.9. The normalized spacial score (nSPS) is 15.9. The van der Waals surface area contributed by atoms with E-state index in [9.17, 15) is 0 Å². The largest absolute Gasteiger partial charge is 0.315 e. The van der Waals surface area contributed by atoms with Gasteiger partial charge >= 0.3 is 0 Å². The third kappa shape index (κ3) is 6.82. The maximum Gasteiger partial charge on any atom is 0.251 e. The lowest BCUT2D eigenvalue weighted by Crippen LogP contribution is -2.50. The minimum Gasteiger partial charge on any atom is -0.315 e. The molecule has 0 aliphatic carbocycles. The minimum atomic E-state index is -0.0353. The third-order valence-corrected chi connectivity index (χ3v) is 8.89. The molecule has 4 heteroatoms. The lowest BCUT2D eigenvalue weighted by molar-refractivity contribution is 0.551. The summed E-state index contributed by atoms with van der Waals surface area (Å²) < 4.78 is 0. The van der Waals surface area contributed by atoms with Gasteiger partial charge in [0.25, 0.3) is 6.71 Å². The highest BCUT2D eigenvalue weighted by Gasteiger charge is 2.43. The molecule has 2 aliphatic heterocycles. The van der Waals surface area contributed by atoms with Crippen LogP contribution >= 0.6 is 0 Å². The Morgan fingerprint density at radius 1 is 0.837 bits per heavy atom. The average molecular weight is 640 g/mol. The topological polar surface area (TPSA) is 9.72 Å². The Balaban J connectivity index is 1.91. The van der Waals surface area contributed by atoms with Gasteiger partial charge in [-0.25, -0.2) is 0 Å². The van der Waals surface area contributed by atoms with Crippen LogP contribution < -0.4 is 15.3 Å². The van der Waals surface area contributed by atoms with E-state index in [2.05, 4.69) is 190 Å². The zero-order valence-electron chi connectivity index (χ0n) is 29.5. The van der Waals surface area contributed by atoms with E-state index in [1.54, 1.807) is 6.08 Å². The fourth-order valence-corrected chi connectivity index (χ4v) is 6.86. The van der Waals surface area contributed by atoms with Crippen LogP contribution in [-0.2, 0) is 0 Å². The van der Waals surface area contributed by atoms with E-state index in [1.165, 1.54) is 10.9 Å². The van der Waals surface area contributed by atoms with Crippen LogP contribution in [0.25, 0.3) is 0 Å². The second kappa shape index (κ2) is 15.9. The number of hydrogen-bond donors (Lipinski definition) is 0. The Bertz CT molecular complexity index is 1970. The molecule has 0 radical (unpaired) electrons. The minimum absolute atomic E-state index is 0.0353. The van der Waals surface area contributed by atoms with Gasteiger partial charge in [-0.05, 0) is 106 Å². The maximum absolute atomic E-state index is 4.87. The molecule has 244 valence electrons. The standard InChI is InChI=1S/C45H46BN3/c1-9-14-17-26-38(13-5)48-35(7)41(25-11-3)46-42-31-22-23-32-43(42)49(40-29-20-16-21-30-40)36(8)45(46)44(48)33-34(6)47(37(12-4)24-10-2)39-27-18-15-19-28-39/h9-33H,1,5,8H2,2-4,6-7H3/b17-14-,24-10-,25-11-,34-33+,37-12+,38-26+. The molecule has 0 bridgehead atoms. The molecular formula is C45H46BN3. The molecule has 0 fully saturated rings. The van der Waals surface area contributed by atoms with Crippen molar-refractivity contribution in [1.29, 1.82) is 0 Å². The van der Waals surface area contributed by atoms with E-state index < -0.39 is 0 Å². The number of allylic oxidation sites excluding steroid dienone is 15. The number of nitrogens with zero attached hydrogens (tertiary/aromatic N) is 3. The van der Waals surface area contributed by atoms with Crippen LogP contribution in [0.3, 0.4) is 0 Å². The number of para-hydroxylation sites is 3. The van der Waals surface area contributed by atoms with Crippen LogP contribution in [-0.4, -0.2) is 11.6 Å². The van der Waals surface area contributed by atoms with Crippen molar-refractivity contribution in [2.75, 3.05) is 9.80 Å². The van der Waals surface area contributed by atoms with Crippen molar-refractivity contribution in [3.05, 3.63) is 217 Å². The van der Waals surface area contributed by atoms with Crippen LogP contribution in [0.4, 0.5) is 17.1 Å². The van der Waals surface area contributed by atoms with Crippen molar-refractivity contribution in [3.63, 3.8) is 0 Å². The first kappa shape index (κ1) is 34.6. The number of hydrogen-bond acceptors (Lipinski definition) is 3. The lowest BCUT2D eigenvalue weighted by atomic mass is 9.32. The summed E-state index contributed by atoms with van der Waals surface area (Å²) in [5.74, 6) is 0. The first-order valence-corrected chi connectivity index (χ1v) is 16.9. The number of rotatable bonds is 11. The van der Waals surface area contributed by atoms with Crippen molar-refractivity contribution in [2.45, 2.75) is 34.6 Å². The molecule has 3 aromatic rings. The monoisotopic (exact) mass is 639 g/mol. The molecule has 2 aliphatic rings. The van der Waals surface area contributed by atoms with Crippen molar-refractivity contribution in [1.82, 2.24) is 4.90 Å². The van der Waals surface area contributed by atoms with Crippen LogP contribution in [0.2, 0.25) is 0 Å². The van der Waals surface area contributed by atoms with E-state index in [4.69, 9.17) is 6.58 Å². The lowest BCUT2D eigenvalue weighted by Gasteiger charge is -2.45. The van der Waals surface area contributed by atoms with Gasteiger partial charge in [-0.2, -0.15) is 0 Å². The van der Waals surface area contributed by atoms with Crippen LogP contribution in [0.15, 0.2) is 217 Å². The Hall–Kier alpha value is -5.74. The highest BCUT2D eigenvalue weighted by atomic mass is 15.2. The maximum atomic E-state index is 4.87. The fourth-order valence-electron chi connectivity index (χ4n) is 6.86. The summed E-state index contributed by atoms with van der Waals surface area (Å²) in [7, 11) is 0. The third-order valence-electron chi connectivity index (χ3n) is 8.89. The predicted octanol–water partition coefficient (Wildman–Crippen LogP) is 11.3. The van der Waals surface area contributed by atoms with Crippen LogP contribution in [0.1, 0.15) is 34.6 Å². The van der Waals surface area contributed by atoms with Gasteiger partial charge in [0.1, 0.15) is 0 Å². The second-order valence-corrected chi connectivity index (χ2v) is 11.9. The summed E-state index contributed by atoms with van der Waals surface area (Å²) in [5, 5.41) is 0. The van der Waals surface area contributed by atoms with Crippen molar-refractivity contribution in [3.8, 4) is 0 Å². The first-order chi connectivity index (χ1) is 23.9. The quantitative estimate of drug-likeness (QED) is 0.153. The molecule has 49 heavy (non-hydrogen) atoms. The fraction of sp³-hybridized carbons (Fsp3) is 0.111. The van der Waals surface area contributed by atoms with Crippen LogP contribution in [0, 0.1) is 0 Å². The van der Waals surface area contributed by atoms with Gasteiger partial charge in [0.2, 0.25) is 0 Å².